The van der Waals surface area contributed by atoms with E-state index in [0.29, 0.717) is 18.7 Å². The average molecular weight is 343 g/mol. The van der Waals surface area contributed by atoms with E-state index in [9.17, 15) is 23.1 Å². The second-order valence-corrected chi connectivity index (χ2v) is 6.34. The molecule has 0 spiro atoms. The van der Waals surface area contributed by atoms with Gasteiger partial charge in [-0.15, -0.1) is 0 Å². The molecule has 0 saturated carbocycles. The average Bonchev–Trinajstić information content (AvgIpc) is 2.52. The van der Waals surface area contributed by atoms with Crippen LogP contribution in [-0.2, 0) is 19.1 Å². The van der Waals surface area contributed by atoms with Crippen LogP contribution in [0.2, 0.25) is 0 Å². The van der Waals surface area contributed by atoms with Crippen LogP contribution in [0.1, 0.15) is 23.6 Å². The van der Waals surface area contributed by atoms with Gasteiger partial charge in [-0.25, -0.2) is 4.79 Å². The highest BCUT2D eigenvalue weighted by Gasteiger charge is 2.37. The molecule has 2 aliphatic heterocycles. The highest BCUT2D eigenvalue weighted by Crippen LogP contribution is 2.39. The normalized spacial score (nSPS) is 21.6. The first-order valence-corrected chi connectivity index (χ1v) is 7.95. The van der Waals surface area contributed by atoms with Gasteiger partial charge < -0.3 is 20.2 Å². The van der Waals surface area contributed by atoms with Gasteiger partial charge in [0.05, 0.1) is 12.1 Å². The number of alkyl halides is 3. The summed E-state index contributed by atoms with van der Waals surface area (Å²) in [6, 6.07) is 2.86. The van der Waals surface area contributed by atoms with Crippen LogP contribution in [0.25, 0.3) is 0 Å². The third-order valence-corrected chi connectivity index (χ3v) is 4.67. The zero-order valence-corrected chi connectivity index (χ0v) is 13.4. The summed E-state index contributed by atoms with van der Waals surface area (Å²) in [4.78, 5) is 14.5. The van der Waals surface area contributed by atoms with Crippen LogP contribution < -0.4 is 10.2 Å². The molecule has 1 amide bonds. The Morgan fingerprint density at radius 1 is 1.29 bits per heavy atom. The Labute approximate surface area is 138 Å². The number of amides is 1. The number of nitrogens with zero attached hydrogens (tertiary/aromatic N) is 2. The number of carboxylic acid groups (broad SMARTS) is 1. The molecular weight excluding hydrogens is 323 g/mol. The minimum Gasteiger partial charge on any atom is -0.465 e. The van der Waals surface area contributed by atoms with Gasteiger partial charge in [0.1, 0.15) is 0 Å². The maximum absolute atomic E-state index is 13.3. The van der Waals surface area contributed by atoms with Crippen molar-refractivity contribution in [3.05, 3.63) is 28.8 Å². The lowest BCUT2D eigenvalue weighted by Gasteiger charge is -2.38. The molecule has 0 aliphatic carbocycles. The van der Waals surface area contributed by atoms with Crippen molar-refractivity contribution in [2.75, 3.05) is 31.1 Å². The van der Waals surface area contributed by atoms with Gasteiger partial charge in [-0.3, -0.25) is 0 Å². The van der Waals surface area contributed by atoms with Crippen molar-refractivity contribution in [1.29, 1.82) is 0 Å². The largest absolute Gasteiger partial charge is 0.465 e. The standard InChI is InChI=1S/C16H20F3N3O2/c1-10-8-21(7-5-20-10)14-3-2-13(16(17,18)19)11-4-6-22(15(23)24)9-12(11)14/h2-3,10,20H,4-9H2,1H3,(H,23,24)/t10-/m1/s1. The summed E-state index contributed by atoms with van der Waals surface area (Å²) in [7, 11) is 0. The first kappa shape index (κ1) is 16.9. The predicted octanol–water partition coefficient (Wildman–Crippen LogP) is 2.54. The van der Waals surface area contributed by atoms with Crippen LogP contribution >= 0.6 is 0 Å². The van der Waals surface area contributed by atoms with Crippen LogP contribution in [0.3, 0.4) is 0 Å². The number of benzene rings is 1. The summed E-state index contributed by atoms with van der Waals surface area (Å²) < 4.78 is 39.9. The van der Waals surface area contributed by atoms with Crippen LogP contribution in [0, 0.1) is 0 Å². The number of piperazine rings is 1. The molecule has 1 saturated heterocycles. The number of hydrogen-bond acceptors (Lipinski definition) is 3. The molecule has 8 heteroatoms. The molecule has 0 aromatic heterocycles. The first-order valence-electron chi connectivity index (χ1n) is 7.95. The smallest absolute Gasteiger partial charge is 0.416 e. The molecule has 1 atom stereocenters. The summed E-state index contributed by atoms with van der Waals surface area (Å²) in [5.41, 5.74) is 0.808. The van der Waals surface area contributed by atoms with E-state index in [2.05, 4.69) is 5.32 Å². The Balaban J connectivity index is 2.05. The van der Waals surface area contributed by atoms with E-state index in [0.717, 1.165) is 18.3 Å². The Bertz CT molecular complexity index is 648. The van der Waals surface area contributed by atoms with Crippen molar-refractivity contribution in [2.45, 2.75) is 32.1 Å². The summed E-state index contributed by atoms with van der Waals surface area (Å²) in [5, 5.41) is 12.5. The molecule has 1 fully saturated rings. The molecule has 132 valence electrons. The van der Waals surface area contributed by atoms with Crippen molar-refractivity contribution in [1.82, 2.24) is 10.2 Å². The van der Waals surface area contributed by atoms with Gasteiger partial charge in [-0.1, -0.05) is 0 Å². The van der Waals surface area contributed by atoms with E-state index >= 15 is 0 Å². The van der Waals surface area contributed by atoms with Crippen LogP contribution in [0.15, 0.2) is 12.1 Å². The molecule has 1 aromatic rings. The lowest BCUT2D eigenvalue weighted by molar-refractivity contribution is -0.138. The molecule has 2 heterocycles. The minimum absolute atomic E-state index is 0.00221. The lowest BCUT2D eigenvalue weighted by Crippen LogP contribution is -2.50. The lowest BCUT2D eigenvalue weighted by atomic mass is 9.92. The topological polar surface area (TPSA) is 55.8 Å². The number of nitrogens with one attached hydrogen (secondary N) is 1. The third-order valence-electron chi connectivity index (χ3n) is 4.67. The quantitative estimate of drug-likeness (QED) is 0.823. The van der Waals surface area contributed by atoms with Crippen LogP contribution in [0.5, 0.6) is 0 Å². The van der Waals surface area contributed by atoms with Gasteiger partial charge >= 0.3 is 12.3 Å². The second kappa shape index (κ2) is 6.16. The van der Waals surface area contributed by atoms with E-state index in [1.807, 2.05) is 11.8 Å². The van der Waals surface area contributed by atoms with Gasteiger partial charge in [0.25, 0.3) is 0 Å². The highest BCUT2D eigenvalue weighted by atomic mass is 19.4. The maximum Gasteiger partial charge on any atom is 0.416 e. The summed E-state index contributed by atoms with van der Waals surface area (Å²) >= 11 is 0. The Hall–Kier alpha value is -1.96. The maximum atomic E-state index is 13.3. The third kappa shape index (κ3) is 3.15. The van der Waals surface area contributed by atoms with Crippen LogP contribution in [0.4, 0.5) is 23.7 Å². The van der Waals surface area contributed by atoms with Crippen molar-refractivity contribution >= 4 is 11.8 Å². The Morgan fingerprint density at radius 2 is 2.04 bits per heavy atom. The monoisotopic (exact) mass is 343 g/mol. The van der Waals surface area contributed by atoms with E-state index in [1.54, 1.807) is 0 Å². The van der Waals surface area contributed by atoms with Gasteiger partial charge in [-0.05, 0) is 36.6 Å². The molecule has 24 heavy (non-hydrogen) atoms. The highest BCUT2D eigenvalue weighted by molar-refractivity contribution is 5.68. The number of fused-ring (bicyclic) bond motifs is 1. The van der Waals surface area contributed by atoms with Gasteiger partial charge in [-0.2, -0.15) is 13.2 Å². The van der Waals surface area contributed by atoms with Crippen molar-refractivity contribution in [2.24, 2.45) is 0 Å². The first-order chi connectivity index (χ1) is 11.3. The zero-order valence-electron chi connectivity index (χ0n) is 13.4. The number of rotatable bonds is 1. The molecule has 5 nitrogen and oxygen atoms in total. The Morgan fingerprint density at radius 3 is 2.67 bits per heavy atom. The number of anilines is 1. The fraction of sp³-hybridized carbons (Fsp3) is 0.562. The van der Waals surface area contributed by atoms with Gasteiger partial charge in [0.15, 0.2) is 0 Å². The second-order valence-electron chi connectivity index (χ2n) is 6.34. The molecule has 0 unspecified atom stereocenters. The van der Waals surface area contributed by atoms with Gasteiger partial charge in [0.2, 0.25) is 0 Å². The number of carbonyl (C=O) groups is 1. The van der Waals surface area contributed by atoms with E-state index in [4.69, 9.17) is 0 Å². The summed E-state index contributed by atoms with van der Waals surface area (Å²) in [5.74, 6) is 0. The summed E-state index contributed by atoms with van der Waals surface area (Å²) in [6.07, 6.45) is -5.44. The number of hydrogen-bond donors (Lipinski definition) is 2. The van der Waals surface area contributed by atoms with Crippen LogP contribution in [-0.4, -0.2) is 48.3 Å². The summed E-state index contributed by atoms with van der Waals surface area (Å²) in [6.45, 7) is 4.24. The molecular formula is C16H20F3N3O2. The zero-order chi connectivity index (χ0) is 17.5. The number of halogens is 3. The van der Waals surface area contributed by atoms with Crippen molar-refractivity contribution < 1.29 is 23.1 Å². The molecule has 3 rings (SSSR count). The molecule has 2 aliphatic rings. The van der Waals surface area contributed by atoms with E-state index in [-0.39, 0.29) is 31.1 Å². The Kier molecular flexibility index (Phi) is 4.33. The predicted molar refractivity (Wildman–Crippen MR) is 83.3 cm³/mol. The van der Waals surface area contributed by atoms with E-state index in [1.165, 1.54) is 11.0 Å². The fourth-order valence-electron chi connectivity index (χ4n) is 3.54. The molecule has 1 aromatic carbocycles. The molecule has 0 radical (unpaired) electrons. The molecule has 2 N–H and O–H groups in total. The minimum atomic E-state index is -4.43. The SMILES string of the molecule is C[C@@H]1CN(c2ccc(C(F)(F)F)c3c2CN(C(=O)O)CC3)CCN1. The van der Waals surface area contributed by atoms with Crippen molar-refractivity contribution in [3.63, 3.8) is 0 Å². The van der Waals surface area contributed by atoms with Gasteiger partial charge in [0, 0.05) is 37.9 Å². The molecule has 0 bridgehead atoms. The van der Waals surface area contributed by atoms with Crippen molar-refractivity contribution in [3.8, 4) is 0 Å². The van der Waals surface area contributed by atoms with E-state index < -0.39 is 17.8 Å². The fourth-order valence-corrected chi connectivity index (χ4v) is 3.54.